The van der Waals surface area contributed by atoms with E-state index in [1.807, 2.05) is 19.1 Å². The molecule has 0 saturated carbocycles. The van der Waals surface area contributed by atoms with Crippen molar-refractivity contribution in [3.63, 3.8) is 0 Å². The molecule has 2 aromatic carbocycles. The van der Waals surface area contributed by atoms with Gasteiger partial charge in [-0.2, -0.15) is 0 Å². The number of hydrogen-bond acceptors (Lipinski definition) is 3. The number of phenols is 2. The van der Waals surface area contributed by atoms with Crippen LogP contribution in [0.15, 0.2) is 46.9 Å². The molecule has 0 atom stereocenters. The average Bonchev–Trinajstić information content (AvgIpc) is 2.71. The van der Waals surface area contributed by atoms with Crippen LogP contribution in [0.2, 0.25) is 0 Å². The fraction of sp³-hybridized carbons (Fsp3) is 0.0667. The van der Waals surface area contributed by atoms with Gasteiger partial charge in [-0.25, -0.2) is 0 Å². The van der Waals surface area contributed by atoms with Gasteiger partial charge in [0.05, 0.1) is 0 Å². The molecule has 0 spiro atoms. The maximum Gasteiger partial charge on any atom is 0.135 e. The van der Waals surface area contributed by atoms with Gasteiger partial charge in [-0.1, -0.05) is 0 Å². The average molecular weight is 240 g/mol. The number of rotatable bonds is 1. The highest BCUT2D eigenvalue weighted by Gasteiger charge is 2.09. The van der Waals surface area contributed by atoms with Crippen LogP contribution in [0.25, 0.3) is 22.3 Å². The molecule has 0 aliphatic carbocycles. The zero-order valence-electron chi connectivity index (χ0n) is 9.84. The summed E-state index contributed by atoms with van der Waals surface area (Å²) in [6.45, 7) is 1.92. The standard InChI is InChI=1S/C15H12O3/c1-9-6-11(16)2-4-13(9)15-8-10-7-12(17)3-5-14(10)18-15/h2-8,16-17H,1H3. The van der Waals surface area contributed by atoms with Crippen molar-refractivity contribution in [2.24, 2.45) is 0 Å². The third-order valence-corrected chi connectivity index (χ3v) is 2.98. The van der Waals surface area contributed by atoms with Gasteiger partial charge < -0.3 is 14.6 Å². The van der Waals surface area contributed by atoms with E-state index in [9.17, 15) is 10.2 Å². The van der Waals surface area contributed by atoms with E-state index in [0.29, 0.717) is 0 Å². The van der Waals surface area contributed by atoms with Crippen molar-refractivity contribution < 1.29 is 14.6 Å². The lowest BCUT2D eigenvalue weighted by molar-refractivity contribution is 0.474. The monoisotopic (exact) mass is 240 g/mol. The van der Waals surface area contributed by atoms with E-state index < -0.39 is 0 Å². The summed E-state index contributed by atoms with van der Waals surface area (Å²) in [5.74, 6) is 1.19. The van der Waals surface area contributed by atoms with Crippen molar-refractivity contribution in [2.75, 3.05) is 0 Å². The lowest BCUT2D eigenvalue weighted by Crippen LogP contribution is -1.79. The van der Waals surface area contributed by atoms with Crippen molar-refractivity contribution in [3.8, 4) is 22.8 Å². The fourth-order valence-electron chi connectivity index (χ4n) is 2.09. The summed E-state index contributed by atoms with van der Waals surface area (Å²) in [4.78, 5) is 0. The number of benzene rings is 2. The van der Waals surface area contributed by atoms with E-state index in [2.05, 4.69) is 0 Å². The predicted molar refractivity (Wildman–Crippen MR) is 69.7 cm³/mol. The van der Waals surface area contributed by atoms with Crippen molar-refractivity contribution in [2.45, 2.75) is 6.92 Å². The van der Waals surface area contributed by atoms with Crippen molar-refractivity contribution in [3.05, 3.63) is 48.0 Å². The molecule has 0 bridgehead atoms. The molecule has 2 N–H and O–H groups in total. The normalized spacial score (nSPS) is 10.9. The van der Waals surface area contributed by atoms with Gasteiger partial charge in [0, 0.05) is 10.9 Å². The molecule has 0 fully saturated rings. The minimum Gasteiger partial charge on any atom is -0.508 e. The summed E-state index contributed by atoms with van der Waals surface area (Å²) in [5.41, 5.74) is 2.61. The van der Waals surface area contributed by atoms with Crippen LogP contribution in [0.3, 0.4) is 0 Å². The highest BCUT2D eigenvalue weighted by Crippen LogP contribution is 2.32. The molecule has 1 heterocycles. The minimum absolute atomic E-state index is 0.220. The lowest BCUT2D eigenvalue weighted by atomic mass is 10.1. The zero-order chi connectivity index (χ0) is 12.7. The first-order valence-corrected chi connectivity index (χ1v) is 5.66. The Morgan fingerprint density at radius 2 is 1.61 bits per heavy atom. The van der Waals surface area contributed by atoms with E-state index in [4.69, 9.17) is 4.42 Å². The van der Waals surface area contributed by atoms with Gasteiger partial charge in [0.25, 0.3) is 0 Å². The molecule has 0 aliphatic heterocycles. The number of phenolic OH excluding ortho intramolecular Hbond substituents is 2. The van der Waals surface area contributed by atoms with Crippen LogP contribution in [-0.4, -0.2) is 10.2 Å². The summed E-state index contributed by atoms with van der Waals surface area (Å²) in [6, 6.07) is 12.0. The maximum absolute atomic E-state index is 9.43. The van der Waals surface area contributed by atoms with Gasteiger partial charge in [-0.05, 0) is 55.0 Å². The van der Waals surface area contributed by atoms with E-state index in [1.165, 1.54) is 0 Å². The van der Waals surface area contributed by atoms with Crippen LogP contribution in [0.1, 0.15) is 5.56 Å². The first-order chi connectivity index (χ1) is 8.63. The molecule has 3 heteroatoms. The fourth-order valence-corrected chi connectivity index (χ4v) is 2.09. The molecule has 3 rings (SSSR count). The van der Waals surface area contributed by atoms with Crippen LogP contribution in [0, 0.1) is 6.92 Å². The topological polar surface area (TPSA) is 53.6 Å². The van der Waals surface area contributed by atoms with E-state index in [0.717, 1.165) is 27.9 Å². The number of furan rings is 1. The molecule has 3 aromatic rings. The minimum atomic E-state index is 0.220. The Bertz CT molecular complexity index is 726. The van der Waals surface area contributed by atoms with E-state index >= 15 is 0 Å². The van der Waals surface area contributed by atoms with Crippen molar-refractivity contribution >= 4 is 11.0 Å². The molecule has 90 valence electrons. The summed E-state index contributed by atoms with van der Waals surface area (Å²) in [6.07, 6.45) is 0. The van der Waals surface area contributed by atoms with Gasteiger partial charge in [-0.15, -0.1) is 0 Å². The Morgan fingerprint density at radius 3 is 2.39 bits per heavy atom. The molecule has 0 aliphatic rings. The molecule has 18 heavy (non-hydrogen) atoms. The molecule has 0 unspecified atom stereocenters. The Morgan fingerprint density at radius 1 is 0.889 bits per heavy atom. The number of fused-ring (bicyclic) bond motifs is 1. The number of aryl methyl sites for hydroxylation is 1. The molecule has 0 radical (unpaired) electrons. The molecule has 0 amide bonds. The number of hydrogen-bond donors (Lipinski definition) is 2. The quantitative estimate of drug-likeness (QED) is 0.679. The molecule has 0 saturated heterocycles. The smallest absolute Gasteiger partial charge is 0.135 e. The highest BCUT2D eigenvalue weighted by molar-refractivity contribution is 5.84. The molecule has 1 aromatic heterocycles. The zero-order valence-corrected chi connectivity index (χ0v) is 9.84. The van der Waals surface area contributed by atoms with E-state index in [1.54, 1.807) is 30.3 Å². The predicted octanol–water partition coefficient (Wildman–Crippen LogP) is 3.82. The van der Waals surface area contributed by atoms with Gasteiger partial charge in [0.15, 0.2) is 0 Å². The summed E-state index contributed by atoms with van der Waals surface area (Å²) >= 11 is 0. The van der Waals surface area contributed by atoms with Gasteiger partial charge in [0.1, 0.15) is 22.8 Å². The van der Waals surface area contributed by atoms with E-state index in [-0.39, 0.29) is 11.5 Å². The molecular formula is C15H12O3. The summed E-state index contributed by atoms with van der Waals surface area (Å²) in [5, 5.41) is 19.7. The Labute approximate surface area is 104 Å². The van der Waals surface area contributed by atoms with Crippen molar-refractivity contribution in [1.82, 2.24) is 0 Å². The first kappa shape index (κ1) is 10.7. The largest absolute Gasteiger partial charge is 0.508 e. The molecule has 3 nitrogen and oxygen atoms in total. The van der Waals surface area contributed by atoms with Gasteiger partial charge in [0.2, 0.25) is 0 Å². The van der Waals surface area contributed by atoms with Crippen LogP contribution >= 0.6 is 0 Å². The summed E-state index contributed by atoms with van der Waals surface area (Å²) in [7, 11) is 0. The summed E-state index contributed by atoms with van der Waals surface area (Å²) < 4.78 is 5.74. The van der Waals surface area contributed by atoms with Gasteiger partial charge >= 0.3 is 0 Å². The van der Waals surface area contributed by atoms with Crippen LogP contribution in [0.4, 0.5) is 0 Å². The molecular weight excluding hydrogens is 228 g/mol. The second-order valence-corrected chi connectivity index (χ2v) is 4.33. The van der Waals surface area contributed by atoms with Crippen LogP contribution < -0.4 is 0 Å². The SMILES string of the molecule is Cc1cc(O)ccc1-c1cc2cc(O)ccc2o1. The van der Waals surface area contributed by atoms with Gasteiger partial charge in [-0.3, -0.25) is 0 Å². The number of aromatic hydroxyl groups is 2. The third-order valence-electron chi connectivity index (χ3n) is 2.98. The highest BCUT2D eigenvalue weighted by atomic mass is 16.3. The van der Waals surface area contributed by atoms with Crippen molar-refractivity contribution in [1.29, 1.82) is 0 Å². The Hall–Kier alpha value is -2.42. The van der Waals surface area contributed by atoms with Crippen LogP contribution in [0.5, 0.6) is 11.5 Å². The Balaban J connectivity index is 2.19. The maximum atomic E-state index is 9.43. The lowest BCUT2D eigenvalue weighted by Gasteiger charge is -2.02. The second kappa shape index (κ2) is 3.81. The third kappa shape index (κ3) is 1.70. The van der Waals surface area contributed by atoms with Crippen LogP contribution in [-0.2, 0) is 0 Å². The Kier molecular flexibility index (Phi) is 2.27. The first-order valence-electron chi connectivity index (χ1n) is 5.66. The second-order valence-electron chi connectivity index (χ2n) is 4.33.